The minimum absolute atomic E-state index is 0.0276. The van der Waals surface area contributed by atoms with E-state index in [9.17, 15) is 13.2 Å². The normalized spacial score (nSPS) is 17.0. The molecular weight excluding hydrogens is 365 g/mol. The molecule has 0 aliphatic carbocycles. The van der Waals surface area contributed by atoms with E-state index in [1.165, 1.54) is 12.3 Å². The Hall–Kier alpha value is -2.62. The number of aromatic nitrogens is 4. The SMILES string of the molecule is CC1=NNC(Cn2ncc3ncc(-c4ccc(F)c(C(F)F)c4)nc32)S1. The van der Waals surface area contributed by atoms with Crippen molar-refractivity contribution < 1.29 is 13.2 Å². The fourth-order valence-corrected chi connectivity index (χ4v) is 3.49. The van der Waals surface area contributed by atoms with Crippen LogP contribution >= 0.6 is 11.8 Å². The van der Waals surface area contributed by atoms with Gasteiger partial charge in [-0.2, -0.15) is 10.2 Å². The lowest BCUT2D eigenvalue weighted by Gasteiger charge is -2.10. The fourth-order valence-electron chi connectivity index (χ4n) is 2.65. The summed E-state index contributed by atoms with van der Waals surface area (Å²) in [4.78, 5) is 8.77. The van der Waals surface area contributed by atoms with Gasteiger partial charge < -0.3 is 0 Å². The first-order valence-corrected chi connectivity index (χ1v) is 8.62. The monoisotopic (exact) mass is 378 g/mol. The summed E-state index contributed by atoms with van der Waals surface area (Å²) in [6.45, 7) is 2.42. The average Bonchev–Trinajstić information content (AvgIpc) is 3.21. The molecule has 0 amide bonds. The number of hydrogen-bond donors (Lipinski definition) is 1. The predicted molar refractivity (Wildman–Crippen MR) is 93.3 cm³/mol. The van der Waals surface area contributed by atoms with Gasteiger partial charge in [-0.3, -0.25) is 5.43 Å². The Morgan fingerprint density at radius 2 is 2.15 bits per heavy atom. The highest BCUT2D eigenvalue weighted by Gasteiger charge is 2.19. The molecule has 6 nitrogen and oxygen atoms in total. The van der Waals surface area contributed by atoms with Gasteiger partial charge in [0.1, 0.15) is 16.7 Å². The number of hydrogen-bond acceptors (Lipinski definition) is 6. The van der Waals surface area contributed by atoms with Gasteiger partial charge in [-0.25, -0.2) is 27.8 Å². The first-order valence-electron chi connectivity index (χ1n) is 7.74. The summed E-state index contributed by atoms with van der Waals surface area (Å²) in [5.41, 5.74) is 4.20. The molecule has 26 heavy (non-hydrogen) atoms. The molecule has 2 aromatic heterocycles. The molecule has 10 heteroatoms. The van der Waals surface area contributed by atoms with Crippen molar-refractivity contribution in [1.82, 2.24) is 25.2 Å². The molecular formula is C16H13F3N6S. The maximum atomic E-state index is 13.5. The van der Waals surface area contributed by atoms with Crippen molar-refractivity contribution in [3.63, 3.8) is 0 Å². The highest BCUT2D eigenvalue weighted by Crippen LogP contribution is 2.28. The number of nitrogens with one attached hydrogen (secondary N) is 1. The summed E-state index contributed by atoms with van der Waals surface area (Å²) in [6.07, 6.45) is 0.160. The van der Waals surface area contributed by atoms with Crippen LogP contribution in [-0.4, -0.2) is 30.2 Å². The molecule has 134 valence electrons. The molecule has 0 saturated heterocycles. The number of thioether (sulfide) groups is 1. The molecule has 0 saturated carbocycles. The number of rotatable bonds is 4. The zero-order valence-electron chi connectivity index (χ0n) is 13.5. The standard InChI is InChI=1S/C16H13F3N6S/c1-8-23-24-14(26-8)7-25-16-13(6-21-25)20-5-12(22-16)9-2-3-11(17)10(4-9)15(18)19/h2-6,14-15,24H,7H2,1H3. The van der Waals surface area contributed by atoms with E-state index >= 15 is 0 Å². The number of fused-ring (bicyclic) bond motifs is 1. The Balaban J connectivity index is 1.69. The van der Waals surface area contributed by atoms with E-state index in [4.69, 9.17) is 0 Å². The van der Waals surface area contributed by atoms with Gasteiger partial charge >= 0.3 is 0 Å². The van der Waals surface area contributed by atoms with Gasteiger partial charge in [0, 0.05) is 5.56 Å². The predicted octanol–water partition coefficient (Wildman–Crippen LogP) is 3.57. The van der Waals surface area contributed by atoms with Crippen LogP contribution in [0.3, 0.4) is 0 Å². The topological polar surface area (TPSA) is 68.0 Å². The van der Waals surface area contributed by atoms with E-state index in [1.807, 2.05) is 6.92 Å². The summed E-state index contributed by atoms with van der Waals surface area (Å²) in [6, 6.07) is 3.52. The van der Waals surface area contributed by atoms with Crippen molar-refractivity contribution in [2.24, 2.45) is 5.10 Å². The first-order chi connectivity index (χ1) is 12.5. The van der Waals surface area contributed by atoms with Crippen molar-refractivity contribution in [3.8, 4) is 11.3 Å². The maximum Gasteiger partial charge on any atom is 0.266 e. The Bertz CT molecular complexity index is 1000. The second-order valence-electron chi connectivity index (χ2n) is 5.69. The number of hydrazone groups is 1. The fraction of sp³-hybridized carbons (Fsp3) is 0.250. The van der Waals surface area contributed by atoms with Gasteiger partial charge in [0.25, 0.3) is 6.43 Å². The van der Waals surface area contributed by atoms with E-state index in [0.717, 1.165) is 17.2 Å². The highest BCUT2D eigenvalue weighted by molar-refractivity contribution is 8.14. The van der Waals surface area contributed by atoms with Crippen molar-refractivity contribution in [1.29, 1.82) is 0 Å². The third kappa shape index (κ3) is 3.12. The van der Waals surface area contributed by atoms with E-state index in [2.05, 4.69) is 25.6 Å². The zero-order chi connectivity index (χ0) is 18.3. The quantitative estimate of drug-likeness (QED) is 0.752. The molecule has 1 N–H and O–H groups in total. The lowest BCUT2D eigenvalue weighted by Crippen LogP contribution is -2.23. The molecule has 1 aromatic carbocycles. The lowest BCUT2D eigenvalue weighted by atomic mass is 10.1. The molecule has 1 aliphatic heterocycles. The number of alkyl halides is 2. The van der Waals surface area contributed by atoms with Crippen molar-refractivity contribution in [2.75, 3.05) is 0 Å². The van der Waals surface area contributed by atoms with E-state index in [-0.39, 0.29) is 5.37 Å². The molecule has 0 radical (unpaired) electrons. The molecule has 4 rings (SSSR count). The lowest BCUT2D eigenvalue weighted by molar-refractivity contribution is 0.146. The maximum absolute atomic E-state index is 13.5. The third-order valence-corrected chi connectivity index (χ3v) is 4.86. The summed E-state index contributed by atoms with van der Waals surface area (Å²) < 4.78 is 41.1. The Labute approximate surface area is 150 Å². The number of nitrogens with zero attached hydrogens (tertiary/aromatic N) is 5. The molecule has 0 fully saturated rings. The third-order valence-electron chi connectivity index (χ3n) is 3.89. The van der Waals surface area contributed by atoms with E-state index in [0.29, 0.717) is 29.0 Å². The van der Waals surface area contributed by atoms with Crippen molar-refractivity contribution in [3.05, 3.63) is 42.0 Å². The Morgan fingerprint density at radius 3 is 2.88 bits per heavy atom. The Kier molecular flexibility index (Phi) is 4.27. The van der Waals surface area contributed by atoms with E-state index in [1.54, 1.807) is 22.6 Å². The summed E-state index contributed by atoms with van der Waals surface area (Å²) in [5.74, 6) is -0.942. The minimum Gasteiger partial charge on any atom is -0.294 e. The second-order valence-corrected chi connectivity index (χ2v) is 7.09. The first kappa shape index (κ1) is 16.8. The molecule has 3 heterocycles. The average molecular weight is 378 g/mol. The molecule has 0 bridgehead atoms. The summed E-state index contributed by atoms with van der Waals surface area (Å²) in [5, 5.41) is 9.37. The van der Waals surface area contributed by atoms with Crippen molar-refractivity contribution in [2.45, 2.75) is 25.3 Å². The molecule has 1 unspecified atom stereocenters. The van der Waals surface area contributed by atoms with Crippen LogP contribution in [0.2, 0.25) is 0 Å². The van der Waals surface area contributed by atoms with E-state index < -0.39 is 17.8 Å². The number of benzene rings is 1. The molecule has 3 aromatic rings. The van der Waals surface area contributed by atoms with Crippen LogP contribution in [0.25, 0.3) is 22.4 Å². The zero-order valence-corrected chi connectivity index (χ0v) is 14.3. The van der Waals surface area contributed by atoms with Gasteiger partial charge in [-0.05, 0) is 25.1 Å². The summed E-state index contributed by atoms with van der Waals surface area (Å²) >= 11 is 1.58. The highest BCUT2D eigenvalue weighted by atomic mass is 32.2. The van der Waals surface area contributed by atoms with Crippen LogP contribution in [0.15, 0.2) is 35.7 Å². The van der Waals surface area contributed by atoms with Crippen LogP contribution in [-0.2, 0) is 6.54 Å². The van der Waals surface area contributed by atoms with Crippen LogP contribution < -0.4 is 5.43 Å². The van der Waals surface area contributed by atoms with Gasteiger partial charge in [0.2, 0.25) is 0 Å². The van der Waals surface area contributed by atoms with Crippen LogP contribution in [0.5, 0.6) is 0 Å². The minimum atomic E-state index is -2.90. The Morgan fingerprint density at radius 1 is 1.31 bits per heavy atom. The van der Waals surface area contributed by atoms with Crippen LogP contribution in [0.4, 0.5) is 13.2 Å². The largest absolute Gasteiger partial charge is 0.294 e. The van der Waals surface area contributed by atoms with Gasteiger partial charge in [-0.15, -0.1) is 0 Å². The molecule has 1 atom stereocenters. The number of halogens is 3. The van der Waals surface area contributed by atoms with Gasteiger partial charge in [0.05, 0.1) is 35.2 Å². The second kappa shape index (κ2) is 6.60. The van der Waals surface area contributed by atoms with Crippen molar-refractivity contribution >= 4 is 28.0 Å². The molecule has 0 spiro atoms. The smallest absolute Gasteiger partial charge is 0.266 e. The summed E-state index contributed by atoms with van der Waals surface area (Å²) in [7, 11) is 0. The van der Waals surface area contributed by atoms with Crippen LogP contribution in [0.1, 0.15) is 18.9 Å². The van der Waals surface area contributed by atoms with Gasteiger partial charge in [-0.1, -0.05) is 11.8 Å². The van der Waals surface area contributed by atoms with Gasteiger partial charge in [0.15, 0.2) is 5.65 Å². The van der Waals surface area contributed by atoms with Crippen LogP contribution in [0, 0.1) is 5.82 Å². The molecule has 1 aliphatic rings.